The Morgan fingerprint density at radius 3 is 2.61 bits per heavy atom. The van der Waals surface area contributed by atoms with Gasteiger partial charge in [0, 0.05) is 24.7 Å². The maximum absolute atomic E-state index is 13.6. The highest BCUT2D eigenvalue weighted by molar-refractivity contribution is 7.84. The molecule has 1 heterocycles. The molecule has 0 fully saturated rings. The summed E-state index contributed by atoms with van der Waals surface area (Å²) in [6.07, 6.45) is 1.50. The van der Waals surface area contributed by atoms with Gasteiger partial charge in [0.25, 0.3) is 0 Å². The van der Waals surface area contributed by atoms with Crippen LogP contribution in [0.1, 0.15) is 11.1 Å². The Kier molecular flexibility index (Phi) is 5.14. The lowest BCUT2D eigenvalue weighted by atomic mass is 9.98. The monoisotopic (exact) mass is 440 g/mol. The lowest BCUT2D eigenvalue weighted by Gasteiger charge is -2.10. The largest absolute Gasteiger partial charge is 0.380 e. The van der Waals surface area contributed by atoms with E-state index in [0.717, 1.165) is 17.7 Å². The van der Waals surface area contributed by atoms with Gasteiger partial charge < -0.3 is 8.75 Å². The first-order valence-electron chi connectivity index (χ1n) is 8.89. The zero-order valence-electron chi connectivity index (χ0n) is 15.8. The van der Waals surface area contributed by atoms with Gasteiger partial charge in [-0.15, -0.1) is 0 Å². The molecule has 7 nitrogen and oxygen atoms in total. The Morgan fingerprint density at radius 1 is 1.10 bits per heavy atom. The fourth-order valence-electron chi connectivity index (χ4n) is 3.27. The summed E-state index contributed by atoms with van der Waals surface area (Å²) in [6.45, 7) is 0.337. The van der Waals surface area contributed by atoms with Gasteiger partial charge in [0.1, 0.15) is 5.75 Å². The van der Waals surface area contributed by atoms with Crippen LogP contribution in [-0.2, 0) is 16.8 Å². The van der Waals surface area contributed by atoms with E-state index in [1.165, 1.54) is 18.5 Å². The van der Waals surface area contributed by atoms with Gasteiger partial charge in [0.15, 0.2) is 11.6 Å². The van der Waals surface area contributed by atoms with Gasteiger partial charge in [-0.1, -0.05) is 18.2 Å². The number of rotatable bonds is 5. The molecule has 0 saturated carbocycles. The SMILES string of the molecule is N#Cc1cc(OS(N)(=O)=O)ccc1-c1cccc(Cn2cnc3cc(F)c(F)cc32)c1. The summed E-state index contributed by atoms with van der Waals surface area (Å²) in [5.41, 5.74) is 3.09. The number of hydrogen-bond donors (Lipinski definition) is 1. The number of nitriles is 1. The molecule has 31 heavy (non-hydrogen) atoms. The smallest absolute Gasteiger partial charge is 0.371 e. The first-order valence-corrected chi connectivity index (χ1v) is 10.4. The summed E-state index contributed by atoms with van der Waals surface area (Å²) < 4.78 is 55.6. The van der Waals surface area contributed by atoms with Crippen LogP contribution in [0, 0.1) is 23.0 Å². The number of hydrogen-bond acceptors (Lipinski definition) is 5. The molecule has 2 N–H and O–H groups in total. The van der Waals surface area contributed by atoms with E-state index in [2.05, 4.69) is 9.17 Å². The Morgan fingerprint density at radius 2 is 1.87 bits per heavy atom. The topological polar surface area (TPSA) is 111 Å². The summed E-state index contributed by atoms with van der Waals surface area (Å²) in [4.78, 5) is 4.10. The number of nitrogens with two attached hydrogens (primary N) is 1. The van der Waals surface area contributed by atoms with Gasteiger partial charge in [0.05, 0.1) is 29.0 Å². The zero-order chi connectivity index (χ0) is 22.2. The Bertz CT molecular complexity index is 1460. The van der Waals surface area contributed by atoms with Gasteiger partial charge in [-0.3, -0.25) is 0 Å². The van der Waals surface area contributed by atoms with E-state index in [1.807, 2.05) is 18.2 Å². The molecule has 0 bridgehead atoms. The second kappa shape index (κ2) is 7.79. The fourth-order valence-corrected chi connectivity index (χ4v) is 3.64. The summed E-state index contributed by atoms with van der Waals surface area (Å²) in [6, 6.07) is 15.7. The van der Waals surface area contributed by atoms with E-state index in [1.54, 1.807) is 22.8 Å². The lowest BCUT2D eigenvalue weighted by Crippen LogP contribution is -2.18. The van der Waals surface area contributed by atoms with E-state index in [-0.39, 0.29) is 11.3 Å². The van der Waals surface area contributed by atoms with Crippen LogP contribution in [0.15, 0.2) is 60.9 Å². The molecule has 4 aromatic rings. The van der Waals surface area contributed by atoms with Crippen LogP contribution in [0.25, 0.3) is 22.2 Å². The van der Waals surface area contributed by atoms with Crippen molar-refractivity contribution >= 4 is 21.3 Å². The molecule has 10 heteroatoms. The molecule has 0 aliphatic rings. The molecule has 0 saturated heterocycles. The zero-order valence-corrected chi connectivity index (χ0v) is 16.6. The molecule has 3 aromatic carbocycles. The molecule has 1 aromatic heterocycles. The predicted molar refractivity (Wildman–Crippen MR) is 109 cm³/mol. The van der Waals surface area contributed by atoms with Crippen molar-refractivity contribution in [3.8, 4) is 22.9 Å². The van der Waals surface area contributed by atoms with Gasteiger partial charge in [-0.25, -0.2) is 13.8 Å². The van der Waals surface area contributed by atoms with Crippen molar-refractivity contribution < 1.29 is 21.4 Å². The van der Waals surface area contributed by atoms with E-state index < -0.39 is 21.9 Å². The van der Waals surface area contributed by atoms with Crippen molar-refractivity contribution in [1.82, 2.24) is 9.55 Å². The van der Waals surface area contributed by atoms with Crippen molar-refractivity contribution in [3.63, 3.8) is 0 Å². The average molecular weight is 440 g/mol. The van der Waals surface area contributed by atoms with E-state index in [9.17, 15) is 22.5 Å². The Labute approximate surface area is 176 Å². The maximum atomic E-state index is 13.6. The van der Waals surface area contributed by atoms with Gasteiger partial charge >= 0.3 is 10.3 Å². The molecule has 0 amide bonds. The minimum atomic E-state index is -4.21. The Hall–Kier alpha value is -3.81. The molecule has 0 aliphatic carbocycles. The molecular formula is C21H14F2N4O3S. The van der Waals surface area contributed by atoms with Crippen molar-refractivity contribution in [1.29, 1.82) is 5.26 Å². The molecule has 4 rings (SSSR count). The number of halogens is 2. The molecule has 0 spiro atoms. The van der Waals surface area contributed by atoms with Crippen molar-refractivity contribution in [2.45, 2.75) is 6.54 Å². The highest BCUT2D eigenvalue weighted by Crippen LogP contribution is 2.28. The number of aromatic nitrogens is 2. The fraction of sp³-hybridized carbons (Fsp3) is 0.0476. The second-order valence-electron chi connectivity index (χ2n) is 6.72. The normalized spacial score (nSPS) is 11.4. The van der Waals surface area contributed by atoms with E-state index in [4.69, 9.17) is 5.14 Å². The van der Waals surface area contributed by atoms with Crippen LogP contribution in [0.2, 0.25) is 0 Å². The lowest BCUT2D eigenvalue weighted by molar-refractivity contribution is 0.487. The summed E-state index contributed by atoms with van der Waals surface area (Å²) in [5, 5.41) is 14.3. The summed E-state index contributed by atoms with van der Waals surface area (Å²) in [5.74, 6) is -1.99. The molecule has 156 valence electrons. The van der Waals surface area contributed by atoms with Gasteiger partial charge in [-0.05, 0) is 34.9 Å². The molecule has 0 atom stereocenters. The van der Waals surface area contributed by atoms with Gasteiger partial charge in [-0.2, -0.15) is 18.8 Å². The van der Waals surface area contributed by atoms with Crippen LogP contribution < -0.4 is 9.32 Å². The minimum absolute atomic E-state index is 0.0712. The molecule has 0 unspecified atom stereocenters. The third-order valence-corrected chi connectivity index (χ3v) is 5.00. The average Bonchev–Trinajstić information content (AvgIpc) is 3.08. The first-order chi connectivity index (χ1) is 14.7. The maximum Gasteiger partial charge on any atom is 0.380 e. The Balaban J connectivity index is 1.68. The number of imidazole rings is 1. The molecular weight excluding hydrogens is 426 g/mol. The van der Waals surface area contributed by atoms with Crippen molar-refractivity contribution in [2.24, 2.45) is 5.14 Å². The van der Waals surface area contributed by atoms with Crippen LogP contribution in [-0.4, -0.2) is 18.0 Å². The van der Waals surface area contributed by atoms with E-state index in [0.29, 0.717) is 28.7 Å². The second-order valence-corrected chi connectivity index (χ2v) is 7.88. The highest BCUT2D eigenvalue weighted by atomic mass is 32.2. The predicted octanol–water partition coefficient (Wildman–Crippen LogP) is 3.48. The number of fused-ring (bicyclic) bond motifs is 1. The molecule has 0 radical (unpaired) electrons. The van der Waals surface area contributed by atoms with Crippen LogP contribution in [0.4, 0.5) is 8.78 Å². The van der Waals surface area contributed by atoms with Crippen LogP contribution >= 0.6 is 0 Å². The van der Waals surface area contributed by atoms with Gasteiger partial charge in [0.2, 0.25) is 0 Å². The number of nitrogens with zero attached hydrogens (tertiary/aromatic N) is 3. The number of benzene rings is 3. The summed E-state index contributed by atoms with van der Waals surface area (Å²) >= 11 is 0. The van der Waals surface area contributed by atoms with Crippen LogP contribution in [0.3, 0.4) is 0 Å². The standard InChI is InChI=1S/C21H14F2N4O3S/c22-18-8-20-21(9-19(18)23)27(12-26-20)11-13-2-1-3-14(6-13)17-5-4-16(7-15(17)10-24)30-31(25,28)29/h1-9,12H,11H2,(H2,25,28,29). The summed E-state index contributed by atoms with van der Waals surface area (Å²) in [7, 11) is -4.21. The van der Waals surface area contributed by atoms with Crippen LogP contribution in [0.5, 0.6) is 5.75 Å². The third kappa shape index (κ3) is 4.37. The highest BCUT2D eigenvalue weighted by Gasteiger charge is 2.12. The van der Waals surface area contributed by atoms with Crippen molar-refractivity contribution in [3.05, 3.63) is 83.7 Å². The first kappa shape index (κ1) is 20.5. The quantitative estimate of drug-likeness (QED) is 0.511. The third-order valence-electron chi connectivity index (χ3n) is 4.58. The minimum Gasteiger partial charge on any atom is -0.371 e. The van der Waals surface area contributed by atoms with E-state index >= 15 is 0 Å². The molecule has 0 aliphatic heterocycles. The van der Waals surface area contributed by atoms with Crippen molar-refractivity contribution in [2.75, 3.05) is 0 Å².